The van der Waals surface area contributed by atoms with Gasteiger partial charge in [-0.2, -0.15) is 0 Å². The number of nitrogens with zero attached hydrogens (tertiary/aromatic N) is 1. The number of hydrogen-bond acceptors (Lipinski definition) is 3. The Bertz CT molecular complexity index is 740. The van der Waals surface area contributed by atoms with E-state index in [1.807, 2.05) is 13.0 Å². The summed E-state index contributed by atoms with van der Waals surface area (Å²) < 4.78 is 12.6. The van der Waals surface area contributed by atoms with Crippen LogP contribution in [0.3, 0.4) is 0 Å². The smallest absolute Gasteiger partial charge is 0.331 e. The highest BCUT2D eigenvalue weighted by Crippen LogP contribution is 2.37. The van der Waals surface area contributed by atoms with Gasteiger partial charge in [-0.3, -0.25) is 0 Å². The average molecular weight is 285 g/mol. The van der Waals surface area contributed by atoms with Gasteiger partial charge in [0.2, 0.25) is 0 Å². The van der Waals surface area contributed by atoms with E-state index < -0.39 is 0 Å². The highest BCUT2D eigenvalue weighted by molar-refractivity contribution is 5.96. The molecule has 0 saturated heterocycles. The second-order valence-corrected chi connectivity index (χ2v) is 5.18. The lowest BCUT2D eigenvalue weighted by molar-refractivity contribution is -0.137. The van der Waals surface area contributed by atoms with Crippen molar-refractivity contribution in [2.45, 2.75) is 26.8 Å². The van der Waals surface area contributed by atoms with E-state index in [2.05, 4.69) is 23.6 Å². The normalized spacial score (nSPS) is 15.5. The van der Waals surface area contributed by atoms with Gasteiger partial charge in [-0.1, -0.05) is 0 Å². The molecular formula is C17H19NO3. The number of aryl methyl sites for hydroxylation is 2. The SMILES string of the molecule is CCOC(=O)/C=C1\CCn2c1cc1c(C)c(OC)ccc12. The molecule has 110 valence electrons. The number of hydrogen-bond donors (Lipinski definition) is 0. The monoisotopic (exact) mass is 285 g/mol. The molecule has 1 aromatic carbocycles. The first kappa shape index (κ1) is 13.7. The number of fused-ring (bicyclic) bond motifs is 3. The molecule has 0 unspecified atom stereocenters. The Morgan fingerprint density at radius 2 is 2.24 bits per heavy atom. The molecule has 1 aromatic heterocycles. The third-order valence-corrected chi connectivity index (χ3v) is 4.04. The Morgan fingerprint density at radius 3 is 2.95 bits per heavy atom. The van der Waals surface area contributed by atoms with Gasteiger partial charge in [-0.05, 0) is 44.0 Å². The quantitative estimate of drug-likeness (QED) is 0.641. The van der Waals surface area contributed by atoms with Crippen LogP contribution in [0.15, 0.2) is 24.3 Å². The van der Waals surface area contributed by atoms with Crippen LogP contribution in [0, 0.1) is 6.92 Å². The van der Waals surface area contributed by atoms with Gasteiger partial charge < -0.3 is 14.0 Å². The predicted octanol–water partition coefficient (Wildman–Crippen LogP) is 3.31. The first-order valence-corrected chi connectivity index (χ1v) is 7.20. The van der Waals surface area contributed by atoms with Crippen molar-refractivity contribution in [2.75, 3.05) is 13.7 Å². The van der Waals surface area contributed by atoms with Crippen molar-refractivity contribution < 1.29 is 14.3 Å². The molecule has 2 heterocycles. The Morgan fingerprint density at radius 1 is 1.43 bits per heavy atom. The van der Waals surface area contributed by atoms with Gasteiger partial charge in [0.15, 0.2) is 0 Å². The average Bonchev–Trinajstić information content (AvgIpc) is 3.01. The molecule has 4 nitrogen and oxygen atoms in total. The molecule has 0 bridgehead atoms. The number of carbonyl (C=O) groups is 1. The lowest BCUT2D eigenvalue weighted by atomic mass is 10.1. The first-order chi connectivity index (χ1) is 10.2. The summed E-state index contributed by atoms with van der Waals surface area (Å²) in [5.74, 6) is 0.628. The predicted molar refractivity (Wildman–Crippen MR) is 82.5 cm³/mol. The van der Waals surface area contributed by atoms with Gasteiger partial charge in [-0.15, -0.1) is 0 Å². The number of aromatic nitrogens is 1. The molecule has 1 aliphatic rings. The minimum Gasteiger partial charge on any atom is -0.496 e. The number of methoxy groups -OCH3 is 1. The van der Waals surface area contributed by atoms with Crippen LogP contribution in [0.1, 0.15) is 24.6 Å². The number of benzene rings is 1. The molecular weight excluding hydrogens is 266 g/mol. The molecule has 4 heteroatoms. The third-order valence-electron chi connectivity index (χ3n) is 4.04. The fraction of sp³-hybridized carbons (Fsp3) is 0.353. The highest BCUT2D eigenvalue weighted by Gasteiger charge is 2.21. The topological polar surface area (TPSA) is 40.5 Å². The van der Waals surface area contributed by atoms with Crippen molar-refractivity contribution in [3.8, 4) is 5.75 Å². The summed E-state index contributed by atoms with van der Waals surface area (Å²) in [6, 6.07) is 6.22. The molecule has 0 radical (unpaired) electrons. The van der Waals surface area contributed by atoms with E-state index in [-0.39, 0.29) is 5.97 Å². The van der Waals surface area contributed by atoms with Crippen LogP contribution < -0.4 is 4.74 Å². The summed E-state index contributed by atoms with van der Waals surface area (Å²) in [6.45, 7) is 5.18. The van der Waals surface area contributed by atoms with Crippen molar-refractivity contribution >= 4 is 22.4 Å². The second kappa shape index (κ2) is 5.28. The van der Waals surface area contributed by atoms with Crippen LogP contribution in [-0.4, -0.2) is 24.3 Å². The van der Waals surface area contributed by atoms with Crippen LogP contribution in [-0.2, 0) is 16.1 Å². The maximum Gasteiger partial charge on any atom is 0.331 e. The number of allylic oxidation sites excluding steroid dienone is 1. The van der Waals surface area contributed by atoms with Crippen LogP contribution in [0.4, 0.5) is 0 Å². The molecule has 1 aliphatic heterocycles. The summed E-state index contributed by atoms with van der Waals surface area (Å²) >= 11 is 0. The minimum atomic E-state index is -0.263. The van der Waals surface area contributed by atoms with Crippen molar-refractivity contribution in [2.24, 2.45) is 0 Å². The number of carbonyl (C=O) groups excluding carboxylic acids is 1. The maximum atomic E-state index is 11.7. The third kappa shape index (κ3) is 2.20. The van der Waals surface area contributed by atoms with E-state index in [4.69, 9.17) is 9.47 Å². The summed E-state index contributed by atoms with van der Waals surface area (Å²) in [6.07, 6.45) is 2.49. The number of esters is 1. The fourth-order valence-corrected chi connectivity index (χ4v) is 3.02. The molecule has 21 heavy (non-hydrogen) atoms. The molecule has 3 rings (SSSR count). The van der Waals surface area contributed by atoms with Crippen LogP contribution in [0.25, 0.3) is 16.5 Å². The lowest BCUT2D eigenvalue weighted by Gasteiger charge is -2.06. The van der Waals surface area contributed by atoms with E-state index in [9.17, 15) is 4.79 Å². The molecule has 0 atom stereocenters. The van der Waals surface area contributed by atoms with Crippen molar-refractivity contribution in [3.63, 3.8) is 0 Å². The second-order valence-electron chi connectivity index (χ2n) is 5.18. The summed E-state index contributed by atoms with van der Waals surface area (Å²) in [4.78, 5) is 11.7. The molecule has 0 N–H and O–H groups in total. The Balaban J connectivity index is 2.09. The van der Waals surface area contributed by atoms with Crippen molar-refractivity contribution in [1.29, 1.82) is 0 Å². The van der Waals surface area contributed by atoms with Gasteiger partial charge >= 0.3 is 5.97 Å². The Kier molecular flexibility index (Phi) is 3.45. The standard InChI is InChI=1S/C17H19NO3/c1-4-21-17(19)9-12-7-8-18-14-5-6-16(20-3)11(2)13(14)10-15(12)18/h5-6,9-10H,4,7-8H2,1-3H3/b12-9+. The number of ether oxygens (including phenoxy) is 2. The van der Waals surface area contributed by atoms with Crippen LogP contribution in [0.2, 0.25) is 0 Å². The highest BCUT2D eigenvalue weighted by atomic mass is 16.5. The van der Waals surface area contributed by atoms with Crippen LogP contribution >= 0.6 is 0 Å². The summed E-state index contributed by atoms with van der Waals surface area (Å²) in [5.41, 5.74) is 4.47. The van der Waals surface area contributed by atoms with Gasteiger partial charge in [0.05, 0.1) is 13.7 Å². The number of rotatable bonds is 3. The van der Waals surface area contributed by atoms with Gasteiger partial charge in [0, 0.05) is 34.8 Å². The Hall–Kier alpha value is -2.23. The zero-order chi connectivity index (χ0) is 15.0. The van der Waals surface area contributed by atoms with E-state index in [0.717, 1.165) is 35.5 Å². The lowest BCUT2D eigenvalue weighted by Crippen LogP contribution is -2.00. The first-order valence-electron chi connectivity index (χ1n) is 7.20. The zero-order valence-electron chi connectivity index (χ0n) is 12.6. The van der Waals surface area contributed by atoms with Gasteiger partial charge in [-0.25, -0.2) is 4.79 Å². The van der Waals surface area contributed by atoms with Gasteiger partial charge in [0.1, 0.15) is 5.75 Å². The molecule has 0 spiro atoms. The minimum absolute atomic E-state index is 0.263. The molecule has 0 aliphatic carbocycles. The van der Waals surface area contributed by atoms with Crippen LogP contribution in [0.5, 0.6) is 5.75 Å². The van der Waals surface area contributed by atoms with E-state index in [0.29, 0.717) is 6.61 Å². The largest absolute Gasteiger partial charge is 0.496 e. The van der Waals surface area contributed by atoms with Gasteiger partial charge in [0.25, 0.3) is 0 Å². The molecule has 0 saturated carbocycles. The van der Waals surface area contributed by atoms with E-state index >= 15 is 0 Å². The molecule has 0 amide bonds. The Labute approximate surface area is 124 Å². The molecule has 0 fully saturated rings. The summed E-state index contributed by atoms with van der Waals surface area (Å²) in [5, 5.41) is 1.18. The zero-order valence-corrected chi connectivity index (χ0v) is 12.6. The fourth-order valence-electron chi connectivity index (χ4n) is 3.02. The summed E-state index contributed by atoms with van der Waals surface area (Å²) in [7, 11) is 1.68. The molecule has 2 aromatic rings. The van der Waals surface area contributed by atoms with Crippen molar-refractivity contribution in [1.82, 2.24) is 4.57 Å². The van der Waals surface area contributed by atoms with E-state index in [1.165, 1.54) is 10.9 Å². The van der Waals surface area contributed by atoms with Crippen molar-refractivity contribution in [3.05, 3.63) is 35.5 Å². The van der Waals surface area contributed by atoms with E-state index in [1.54, 1.807) is 13.2 Å². The maximum absolute atomic E-state index is 11.7.